The molecule has 24 heavy (non-hydrogen) atoms. The quantitative estimate of drug-likeness (QED) is 0.516. The molecule has 4 N–H and O–H groups in total. The zero-order valence-corrected chi connectivity index (χ0v) is 16.3. The summed E-state index contributed by atoms with van der Waals surface area (Å²) in [5.41, 5.74) is 4.31. The van der Waals surface area contributed by atoms with E-state index < -0.39 is 10.1 Å². The van der Waals surface area contributed by atoms with Crippen molar-refractivity contribution in [3.8, 4) is 0 Å². The summed E-state index contributed by atoms with van der Waals surface area (Å²) in [4.78, 5) is 0.0790. The number of hydrogen-bond acceptors (Lipinski definition) is 5. The summed E-state index contributed by atoms with van der Waals surface area (Å²) in [6, 6.07) is 0. The molecular weight excluding hydrogens is 330 g/mol. The van der Waals surface area contributed by atoms with Crippen LogP contribution in [0, 0.1) is 6.92 Å². The van der Waals surface area contributed by atoms with Gasteiger partial charge < -0.3 is 15.6 Å². The second kappa shape index (κ2) is 10.1. The lowest BCUT2D eigenvalue weighted by Gasteiger charge is -2.22. The van der Waals surface area contributed by atoms with Crippen LogP contribution in [0.5, 0.6) is 0 Å². The summed E-state index contributed by atoms with van der Waals surface area (Å²) in [5.74, 6) is 0. The fourth-order valence-corrected chi connectivity index (χ4v) is 4.30. The molecule has 0 saturated heterocycles. The third-order valence-corrected chi connectivity index (χ3v) is 5.19. The van der Waals surface area contributed by atoms with E-state index in [-0.39, 0.29) is 11.0 Å². The van der Waals surface area contributed by atoms with E-state index >= 15 is 0 Å². The van der Waals surface area contributed by atoms with Crippen molar-refractivity contribution in [3.05, 3.63) is 27.8 Å². The number of methoxy groups -OCH3 is 1. The van der Waals surface area contributed by atoms with Crippen LogP contribution in [0.2, 0.25) is 0 Å². The van der Waals surface area contributed by atoms with E-state index in [1.165, 1.54) is 0 Å². The molecule has 0 aliphatic heterocycles. The Kier molecular flexibility index (Phi) is 9.69. The first kappa shape index (κ1) is 23.0. The molecule has 0 amide bonds. The van der Waals surface area contributed by atoms with Gasteiger partial charge in [-0.2, -0.15) is 8.42 Å². The molecule has 0 radical (unpaired) electrons. The van der Waals surface area contributed by atoms with Crippen LogP contribution in [0.25, 0.3) is 0 Å². The number of rotatable bonds is 9. The molecule has 0 bridgehead atoms. The van der Waals surface area contributed by atoms with E-state index in [1.54, 1.807) is 7.11 Å². The van der Waals surface area contributed by atoms with Gasteiger partial charge in [0.2, 0.25) is 0 Å². The second-order valence-electron chi connectivity index (χ2n) is 5.45. The Morgan fingerprint density at radius 1 is 0.917 bits per heavy atom. The van der Waals surface area contributed by atoms with Gasteiger partial charge in [0.15, 0.2) is 0 Å². The maximum atomic E-state index is 12.0. The highest BCUT2D eigenvalue weighted by molar-refractivity contribution is 7.86. The van der Waals surface area contributed by atoms with E-state index in [4.69, 9.17) is 9.47 Å². The monoisotopic (exact) mass is 361 g/mol. The molecule has 0 spiro atoms. The molecule has 0 heterocycles. The van der Waals surface area contributed by atoms with Crippen molar-refractivity contribution < 1.29 is 22.4 Å². The molecule has 1 aromatic carbocycles. The predicted molar refractivity (Wildman–Crippen MR) is 95.7 cm³/mol. The fraction of sp³-hybridized carbons (Fsp3) is 0.647. The molecule has 0 fully saturated rings. The van der Waals surface area contributed by atoms with Crippen molar-refractivity contribution in [2.45, 2.75) is 58.5 Å². The van der Waals surface area contributed by atoms with Crippen molar-refractivity contribution >= 4 is 10.1 Å². The third kappa shape index (κ3) is 5.00. The average molecular weight is 362 g/mol. The Bertz CT molecular complexity index is 641. The standard InChI is InChI=1S/C17H28O5S.H3N/c1-6-13-12(4)16(11-22-10-9-21-5)15(8-3)17(14(13)7-2)23(18,19)20;/h6-11H2,1-5H3,(H,18,19,20);1H3. The Labute approximate surface area is 145 Å². The first-order valence-electron chi connectivity index (χ1n) is 8.03. The lowest BCUT2D eigenvalue weighted by Crippen LogP contribution is -2.16. The van der Waals surface area contributed by atoms with Gasteiger partial charge >= 0.3 is 0 Å². The molecular formula is C17H31NO5S. The Hall–Kier alpha value is -0.990. The van der Waals surface area contributed by atoms with Crippen molar-refractivity contribution in [3.63, 3.8) is 0 Å². The van der Waals surface area contributed by atoms with Gasteiger partial charge in [-0.25, -0.2) is 0 Å². The number of benzene rings is 1. The molecule has 0 atom stereocenters. The summed E-state index contributed by atoms with van der Waals surface area (Å²) in [7, 11) is -2.67. The van der Waals surface area contributed by atoms with Gasteiger partial charge in [-0.1, -0.05) is 20.8 Å². The van der Waals surface area contributed by atoms with Crippen LogP contribution < -0.4 is 6.15 Å². The minimum absolute atomic E-state index is 0. The van der Waals surface area contributed by atoms with Gasteiger partial charge in [0, 0.05) is 7.11 Å². The van der Waals surface area contributed by atoms with Gasteiger partial charge in [0.05, 0.1) is 19.8 Å². The van der Waals surface area contributed by atoms with Crippen LogP contribution >= 0.6 is 0 Å². The predicted octanol–water partition coefficient (Wildman–Crippen LogP) is 3.25. The topological polar surface area (TPSA) is 108 Å². The van der Waals surface area contributed by atoms with E-state index in [9.17, 15) is 13.0 Å². The average Bonchev–Trinajstić information content (AvgIpc) is 2.50. The number of ether oxygens (including phenoxy) is 2. The van der Waals surface area contributed by atoms with Crippen LogP contribution in [0.4, 0.5) is 0 Å². The van der Waals surface area contributed by atoms with Crippen molar-refractivity contribution in [2.75, 3.05) is 20.3 Å². The van der Waals surface area contributed by atoms with Crippen molar-refractivity contribution in [1.29, 1.82) is 0 Å². The normalized spacial score (nSPS) is 11.4. The van der Waals surface area contributed by atoms with Gasteiger partial charge in [-0.3, -0.25) is 4.55 Å². The SMILES string of the molecule is CCc1c(C)c(COCCOC)c(CC)c(S(=O)(=O)O)c1CC.N. The highest BCUT2D eigenvalue weighted by atomic mass is 32.2. The van der Waals surface area contributed by atoms with Crippen LogP contribution in [-0.4, -0.2) is 33.3 Å². The molecule has 1 aromatic rings. The summed E-state index contributed by atoms with van der Waals surface area (Å²) in [6.45, 7) is 9.05. The van der Waals surface area contributed by atoms with Crippen LogP contribution in [0.15, 0.2) is 4.90 Å². The molecule has 0 unspecified atom stereocenters. The molecule has 6 nitrogen and oxygen atoms in total. The van der Waals surface area contributed by atoms with E-state index in [2.05, 4.69) is 0 Å². The summed E-state index contributed by atoms with van der Waals surface area (Å²) in [6.07, 6.45) is 1.81. The number of hydrogen-bond donors (Lipinski definition) is 2. The van der Waals surface area contributed by atoms with Crippen molar-refractivity contribution in [2.24, 2.45) is 0 Å². The van der Waals surface area contributed by atoms with Gasteiger partial charge in [-0.05, 0) is 54.0 Å². The zero-order chi connectivity index (χ0) is 17.6. The zero-order valence-electron chi connectivity index (χ0n) is 15.4. The molecule has 0 aliphatic rings. The van der Waals surface area contributed by atoms with Crippen LogP contribution in [0.1, 0.15) is 48.6 Å². The largest absolute Gasteiger partial charge is 0.382 e. The minimum Gasteiger partial charge on any atom is -0.382 e. The highest BCUT2D eigenvalue weighted by Gasteiger charge is 2.26. The molecule has 0 aromatic heterocycles. The van der Waals surface area contributed by atoms with Gasteiger partial charge in [-0.15, -0.1) is 0 Å². The van der Waals surface area contributed by atoms with Gasteiger partial charge in [0.25, 0.3) is 10.1 Å². The van der Waals surface area contributed by atoms with Gasteiger partial charge in [0.1, 0.15) is 4.90 Å². The minimum atomic E-state index is -4.28. The summed E-state index contributed by atoms with van der Waals surface area (Å²) in [5, 5.41) is 0. The first-order valence-corrected chi connectivity index (χ1v) is 9.47. The molecule has 0 aliphatic carbocycles. The molecule has 7 heteroatoms. The third-order valence-electron chi connectivity index (χ3n) is 4.18. The first-order chi connectivity index (χ1) is 10.8. The smallest absolute Gasteiger partial charge is 0.295 e. The Balaban J connectivity index is 0.00000529. The van der Waals surface area contributed by atoms with E-state index in [0.717, 1.165) is 22.3 Å². The molecule has 140 valence electrons. The Morgan fingerprint density at radius 3 is 1.83 bits per heavy atom. The summed E-state index contributed by atoms with van der Waals surface area (Å²) < 4.78 is 44.3. The van der Waals surface area contributed by atoms with Crippen LogP contribution in [0.3, 0.4) is 0 Å². The van der Waals surface area contributed by atoms with Crippen molar-refractivity contribution in [1.82, 2.24) is 6.15 Å². The van der Waals surface area contributed by atoms with E-state index in [1.807, 2.05) is 27.7 Å². The maximum Gasteiger partial charge on any atom is 0.295 e. The summed E-state index contributed by atoms with van der Waals surface area (Å²) >= 11 is 0. The molecule has 1 rings (SSSR count). The van der Waals surface area contributed by atoms with Crippen LogP contribution in [-0.2, 0) is 45.5 Å². The second-order valence-corrected chi connectivity index (χ2v) is 6.81. The van der Waals surface area contributed by atoms with E-state index in [0.29, 0.717) is 44.6 Å². The lowest BCUT2D eigenvalue weighted by molar-refractivity contribution is 0.0610. The highest BCUT2D eigenvalue weighted by Crippen LogP contribution is 2.33. The molecule has 0 saturated carbocycles. The Morgan fingerprint density at radius 2 is 1.42 bits per heavy atom. The lowest BCUT2D eigenvalue weighted by atomic mass is 9.89. The maximum absolute atomic E-state index is 12.0. The fourth-order valence-electron chi connectivity index (χ4n) is 3.14.